The maximum Gasteiger partial charge on any atom is 0.247 e. The number of hydrogen-bond acceptors (Lipinski definition) is 6. The van der Waals surface area contributed by atoms with E-state index in [2.05, 4.69) is 32.1 Å². The second-order valence-corrected chi connectivity index (χ2v) is 11.1. The average Bonchev–Trinajstić information content (AvgIpc) is 3.10. The Morgan fingerprint density at radius 2 is 1.51 bits per heavy atom. The summed E-state index contributed by atoms with van der Waals surface area (Å²) >= 11 is 0. The van der Waals surface area contributed by atoms with Gasteiger partial charge in [-0.15, -0.1) is 0 Å². The number of carbonyl (C=O) groups is 2. The van der Waals surface area contributed by atoms with Gasteiger partial charge in [0.1, 0.15) is 11.9 Å². The van der Waals surface area contributed by atoms with E-state index in [4.69, 9.17) is 0 Å². The lowest BCUT2D eigenvalue weighted by molar-refractivity contribution is -0.144. The van der Waals surface area contributed by atoms with Crippen molar-refractivity contribution in [2.24, 2.45) is 0 Å². The Kier molecular flexibility index (Phi) is 9.11. The first-order chi connectivity index (χ1) is 22.0. The van der Waals surface area contributed by atoms with Crippen LogP contribution < -0.4 is 0 Å². The zero-order valence-electron chi connectivity index (χ0n) is 25.2. The molecule has 45 heavy (non-hydrogen) atoms. The van der Waals surface area contributed by atoms with E-state index >= 15 is 0 Å². The van der Waals surface area contributed by atoms with Crippen molar-refractivity contribution in [2.75, 3.05) is 6.54 Å². The zero-order chi connectivity index (χ0) is 31.0. The summed E-state index contributed by atoms with van der Waals surface area (Å²) in [7, 11) is 0. The highest BCUT2D eigenvalue weighted by molar-refractivity contribution is 5.95. The minimum absolute atomic E-state index is 0.0666. The normalized spacial score (nSPS) is 13.3. The molecule has 0 saturated carbocycles. The highest BCUT2D eigenvalue weighted by Crippen LogP contribution is 2.24. The van der Waals surface area contributed by atoms with Crippen LogP contribution in [-0.4, -0.2) is 54.1 Å². The third kappa shape index (κ3) is 7.36. The second kappa shape index (κ2) is 13.9. The van der Waals surface area contributed by atoms with Gasteiger partial charge in [-0.05, 0) is 47.7 Å². The fraction of sp³-hybridized carbons (Fsp3) is 0.189. The van der Waals surface area contributed by atoms with Crippen molar-refractivity contribution >= 4 is 17.9 Å². The largest absolute Gasteiger partial charge is 0.336 e. The molecule has 0 aliphatic carbocycles. The lowest BCUT2D eigenvalue weighted by atomic mass is 9.97. The van der Waals surface area contributed by atoms with Gasteiger partial charge in [0.2, 0.25) is 11.8 Å². The molecule has 2 aromatic heterocycles. The molecule has 5 aromatic rings. The number of benzene rings is 3. The van der Waals surface area contributed by atoms with Crippen LogP contribution in [0.5, 0.6) is 0 Å². The van der Waals surface area contributed by atoms with Crippen molar-refractivity contribution in [1.82, 2.24) is 29.7 Å². The molecule has 1 atom stereocenters. The number of aromatic nitrogens is 4. The SMILES string of the molecule is Cc1ncc(/C=C/C(=O)N(Cc2ccc(-c3ncccn3)cc2)[C@@H](Cc2ccccc2)C(=O)N2CCc3ccccc3C2)cn1. The molecule has 0 unspecified atom stereocenters. The van der Waals surface area contributed by atoms with Crippen molar-refractivity contribution in [1.29, 1.82) is 0 Å². The topological polar surface area (TPSA) is 92.2 Å². The quantitative estimate of drug-likeness (QED) is 0.210. The summed E-state index contributed by atoms with van der Waals surface area (Å²) in [5.41, 5.74) is 5.87. The van der Waals surface area contributed by atoms with Crippen molar-refractivity contribution in [2.45, 2.75) is 38.9 Å². The number of amides is 2. The van der Waals surface area contributed by atoms with Gasteiger partial charge < -0.3 is 9.80 Å². The maximum absolute atomic E-state index is 14.5. The van der Waals surface area contributed by atoms with Crippen LogP contribution in [0.15, 0.2) is 116 Å². The molecule has 3 aromatic carbocycles. The van der Waals surface area contributed by atoms with Crippen molar-refractivity contribution in [3.63, 3.8) is 0 Å². The molecule has 0 spiro atoms. The molecule has 6 rings (SSSR count). The van der Waals surface area contributed by atoms with E-state index in [0.29, 0.717) is 36.7 Å². The summed E-state index contributed by atoms with van der Waals surface area (Å²) in [6.45, 7) is 3.18. The molecule has 0 N–H and O–H groups in total. The molecule has 3 heterocycles. The molecule has 0 fully saturated rings. The number of aryl methyl sites for hydroxylation is 1. The average molecular weight is 595 g/mol. The third-order valence-corrected chi connectivity index (χ3v) is 8.01. The monoisotopic (exact) mass is 594 g/mol. The van der Waals surface area contributed by atoms with Crippen LogP contribution in [0.4, 0.5) is 0 Å². The van der Waals surface area contributed by atoms with Gasteiger partial charge >= 0.3 is 0 Å². The molecule has 1 aliphatic heterocycles. The number of fused-ring (bicyclic) bond motifs is 1. The molecule has 8 nitrogen and oxygen atoms in total. The minimum atomic E-state index is -0.721. The Morgan fingerprint density at radius 3 is 2.24 bits per heavy atom. The first-order valence-electron chi connectivity index (χ1n) is 15.1. The minimum Gasteiger partial charge on any atom is -0.336 e. The van der Waals surface area contributed by atoms with E-state index in [0.717, 1.165) is 28.7 Å². The Balaban J connectivity index is 1.34. The Morgan fingerprint density at radius 1 is 0.822 bits per heavy atom. The van der Waals surface area contributed by atoms with Crippen LogP contribution in [0.3, 0.4) is 0 Å². The van der Waals surface area contributed by atoms with E-state index < -0.39 is 6.04 Å². The van der Waals surface area contributed by atoms with Crippen LogP contribution >= 0.6 is 0 Å². The van der Waals surface area contributed by atoms with Gasteiger partial charge in [-0.2, -0.15) is 0 Å². The summed E-state index contributed by atoms with van der Waals surface area (Å²) in [5.74, 6) is 0.949. The van der Waals surface area contributed by atoms with Crippen LogP contribution in [-0.2, 0) is 35.5 Å². The zero-order valence-corrected chi connectivity index (χ0v) is 25.2. The molecule has 8 heteroatoms. The summed E-state index contributed by atoms with van der Waals surface area (Å²) in [4.78, 5) is 49.3. The standard InChI is InChI=1S/C37H34N6O2/c1-27-40-23-30(24-41-27)14-17-35(44)43(25-29-12-15-32(16-13-29)36-38-19-7-20-39-36)34(22-28-8-3-2-4-9-28)37(45)42-21-18-31-10-5-6-11-33(31)26-42/h2-17,19-20,23-24,34H,18,21-22,25-26H2,1H3/b17-14+/t34-/m0/s1. The fourth-order valence-corrected chi connectivity index (χ4v) is 5.56. The molecule has 2 amide bonds. The molecule has 0 bridgehead atoms. The third-order valence-electron chi connectivity index (χ3n) is 8.01. The van der Waals surface area contributed by atoms with Gasteiger partial charge in [-0.1, -0.05) is 78.9 Å². The van der Waals surface area contributed by atoms with Gasteiger partial charge in [0, 0.05) is 68.0 Å². The Hall–Kier alpha value is -5.50. The van der Waals surface area contributed by atoms with Crippen molar-refractivity contribution in [3.8, 4) is 11.4 Å². The Bertz CT molecular complexity index is 1770. The van der Waals surface area contributed by atoms with Gasteiger partial charge in [0.25, 0.3) is 0 Å². The first kappa shape index (κ1) is 29.6. The van der Waals surface area contributed by atoms with Gasteiger partial charge in [0.15, 0.2) is 5.82 Å². The molecular weight excluding hydrogens is 560 g/mol. The van der Waals surface area contributed by atoms with Gasteiger partial charge in [0.05, 0.1) is 0 Å². The predicted molar refractivity (Wildman–Crippen MR) is 173 cm³/mol. The van der Waals surface area contributed by atoms with E-state index in [1.54, 1.807) is 41.8 Å². The van der Waals surface area contributed by atoms with Crippen LogP contribution in [0, 0.1) is 6.92 Å². The van der Waals surface area contributed by atoms with Crippen LogP contribution in [0.1, 0.15) is 33.6 Å². The first-order valence-corrected chi connectivity index (χ1v) is 15.1. The molecule has 0 saturated heterocycles. The maximum atomic E-state index is 14.5. The lowest BCUT2D eigenvalue weighted by Crippen LogP contribution is -2.52. The van der Waals surface area contributed by atoms with Crippen LogP contribution in [0.2, 0.25) is 0 Å². The number of rotatable bonds is 9. The van der Waals surface area contributed by atoms with E-state index in [-0.39, 0.29) is 18.4 Å². The molecule has 224 valence electrons. The van der Waals surface area contributed by atoms with E-state index in [1.807, 2.05) is 78.6 Å². The molecular formula is C37H34N6O2. The van der Waals surface area contributed by atoms with Crippen molar-refractivity contribution < 1.29 is 9.59 Å². The molecule has 0 radical (unpaired) electrons. The predicted octanol–water partition coefficient (Wildman–Crippen LogP) is 5.48. The smallest absolute Gasteiger partial charge is 0.247 e. The highest BCUT2D eigenvalue weighted by atomic mass is 16.2. The van der Waals surface area contributed by atoms with E-state index in [1.165, 1.54) is 11.6 Å². The molecule has 1 aliphatic rings. The van der Waals surface area contributed by atoms with Crippen molar-refractivity contribution in [3.05, 3.63) is 149 Å². The summed E-state index contributed by atoms with van der Waals surface area (Å²) < 4.78 is 0. The Labute approximate surface area is 263 Å². The number of nitrogens with zero attached hydrogens (tertiary/aromatic N) is 6. The fourth-order valence-electron chi connectivity index (χ4n) is 5.56. The summed E-state index contributed by atoms with van der Waals surface area (Å²) in [6.07, 6.45) is 11.2. The van der Waals surface area contributed by atoms with Gasteiger partial charge in [-0.25, -0.2) is 19.9 Å². The highest BCUT2D eigenvalue weighted by Gasteiger charge is 2.34. The summed E-state index contributed by atoms with van der Waals surface area (Å²) in [5, 5.41) is 0. The number of hydrogen-bond donors (Lipinski definition) is 0. The number of carbonyl (C=O) groups excluding carboxylic acids is 2. The second-order valence-electron chi connectivity index (χ2n) is 11.1. The van der Waals surface area contributed by atoms with Gasteiger partial charge in [-0.3, -0.25) is 9.59 Å². The summed E-state index contributed by atoms with van der Waals surface area (Å²) in [6, 6.07) is 27.0. The lowest BCUT2D eigenvalue weighted by Gasteiger charge is -2.37. The van der Waals surface area contributed by atoms with E-state index in [9.17, 15) is 9.59 Å². The van der Waals surface area contributed by atoms with Crippen LogP contribution in [0.25, 0.3) is 17.5 Å².